The normalized spacial score (nSPS) is 15.9. The van der Waals surface area contributed by atoms with Crippen molar-refractivity contribution in [1.82, 2.24) is 15.2 Å². The second kappa shape index (κ2) is 14.5. The lowest BCUT2D eigenvalue weighted by Gasteiger charge is -2.21. The largest absolute Gasteiger partial charge is 0.495 e. The molecule has 0 aliphatic carbocycles. The number of hydrogen-bond acceptors (Lipinski definition) is 5. The van der Waals surface area contributed by atoms with E-state index in [1.54, 1.807) is 19.4 Å². The van der Waals surface area contributed by atoms with Crippen molar-refractivity contribution in [3.05, 3.63) is 70.2 Å². The van der Waals surface area contributed by atoms with E-state index >= 15 is 0 Å². The van der Waals surface area contributed by atoms with Gasteiger partial charge in [0.15, 0.2) is 0 Å². The van der Waals surface area contributed by atoms with Gasteiger partial charge in [-0.2, -0.15) is 0 Å². The number of rotatable bonds is 11. The molecular weight excluding hydrogens is 438 g/mol. The van der Waals surface area contributed by atoms with Gasteiger partial charge in [-0.25, -0.2) is 4.98 Å². The monoisotopic (exact) mass is 475 g/mol. The zero-order chi connectivity index (χ0) is 25.6. The van der Waals surface area contributed by atoms with Crippen LogP contribution in [0.25, 0.3) is 12.2 Å². The lowest BCUT2D eigenvalue weighted by Crippen LogP contribution is -2.35. The van der Waals surface area contributed by atoms with Crippen molar-refractivity contribution in [2.45, 2.75) is 46.5 Å². The Morgan fingerprint density at radius 1 is 1.43 bits per heavy atom. The van der Waals surface area contributed by atoms with E-state index in [-0.39, 0.29) is 5.91 Å². The van der Waals surface area contributed by atoms with Crippen molar-refractivity contribution in [2.24, 2.45) is 0 Å². The first-order chi connectivity index (χ1) is 17.0. The summed E-state index contributed by atoms with van der Waals surface area (Å²) in [6.07, 6.45) is 19.2. The third-order valence-corrected chi connectivity index (χ3v) is 5.86. The molecule has 6 heteroatoms. The quantitative estimate of drug-likeness (QED) is 0.230. The first kappa shape index (κ1) is 27.5. The Labute approximate surface area is 209 Å². The topological polar surface area (TPSA) is 63.7 Å². The molecule has 0 saturated carbocycles. The van der Waals surface area contributed by atoms with Gasteiger partial charge in [0.2, 0.25) is 5.91 Å². The summed E-state index contributed by atoms with van der Waals surface area (Å²) in [5.41, 5.74) is 3.55. The lowest BCUT2D eigenvalue weighted by molar-refractivity contribution is -0.127. The van der Waals surface area contributed by atoms with E-state index < -0.39 is 0 Å². The van der Waals surface area contributed by atoms with Gasteiger partial charge < -0.3 is 19.7 Å². The summed E-state index contributed by atoms with van der Waals surface area (Å²) in [4.78, 5) is 20.2. The van der Waals surface area contributed by atoms with E-state index in [1.165, 1.54) is 6.26 Å². The molecule has 0 saturated heterocycles. The second-order valence-electron chi connectivity index (χ2n) is 8.09. The van der Waals surface area contributed by atoms with Gasteiger partial charge in [0.05, 0.1) is 18.2 Å². The van der Waals surface area contributed by atoms with Crippen molar-refractivity contribution < 1.29 is 14.3 Å². The summed E-state index contributed by atoms with van der Waals surface area (Å²) in [5, 5.41) is 4.62. The lowest BCUT2D eigenvalue weighted by atomic mass is 9.97. The van der Waals surface area contributed by atoms with Crippen LogP contribution < -0.4 is 20.6 Å². The van der Waals surface area contributed by atoms with E-state index in [0.29, 0.717) is 26.1 Å². The number of aromatic nitrogens is 1. The molecule has 0 fully saturated rings. The van der Waals surface area contributed by atoms with Gasteiger partial charge >= 0.3 is 0 Å². The fraction of sp³-hybridized carbons (Fsp3) is 0.379. The number of ether oxygens (including phenoxy) is 2. The van der Waals surface area contributed by atoms with Gasteiger partial charge in [-0.15, -0.1) is 0 Å². The fourth-order valence-corrected chi connectivity index (χ4v) is 4.11. The van der Waals surface area contributed by atoms with E-state index in [4.69, 9.17) is 20.9 Å². The Balaban J connectivity index is 2.24. The van der Waals surface area contributed by atoms with Crippen LogP contribution in [0, 0.1) is 12.5 Å². The molecule has 2 heterocycles. The van der Waals surface area contributed by atoms with Crippen LogP contribution in [0.15, 0.2) is 54.0 Å². The minimum atomic E-state index is 0.0369. The molecule has 0 aromatic carbocycles. The zero-order valence-electron chi connectivity index (χ0n) is 21.4. The maximum atomic E-state index is 13.4. The molecule has 0 radical (unpaired) electrons. The van der Waals surface area contributed by atoms with Crippen molar-refractivity contribution in [3.8, 4) is 18.2 Å². The zero-order valence-corrected chi connectivity index (χ0v) is 21.4. The average Bonchev–Trinajstić information content (AvgIpc) is 3.00. The number of allylic oxidation sites excluding steroid dienone is 2. The number of hydrogen-bond donors (Lipinski definition) is 1. The first-order valence-electron chi connectivity index (χ1n) is 12.0. The fourth-order valence-electron chi connectivity index (χ4n) is 4.11. The van der Waals surface area contributed by atoms with Crippen LogP contribution in [-0.4, -0.2) is 42.6 Å². The number of carbonyl (C=O) groups is 1. The minimum absolute atomic E-state index is 0.0369. The average molecular weight is 476 g/mol. The molecule has 1 aromatic rings. The van der Waals surface area contributed by atoms with Crippen LogP contribution in [-0.2, 0) is 16.0 Å². The van der Waals surface area contributed by atoms with Gasteiger partial charge in [0.25, 0.3) is 0 Å². The number of terminal acetylenes is 1. The molecule has 186 valence electrons. The van der Waals surface area contributed by atoms with Crippen LogP contribution in [0.4, 0.5) is 0 Å². The minimum Gasteiger partial charge on any atom is -0.495 e. The Hall–Kier alpha value is -3.72. The maximum Gasteiger partial charge on any atom is 0.249 e. The summed E-state index contributed by atoms with van der Waals surface area (Å²) in [6, 6.07) is 4.32. The van der Waals surface area contributed by atoms with Crippen molar-refractivity contribution in [3.63, 3.8) is 0 Å². The molecule has 1 amide bonds. The summed E-state index contributed by atoms with van der Waals surface area (Å²) in [5.74, 6) is 0.789. The van der Waals surface area contributed by atoms with Crippen molar-refractivity contribution >= 4 is 18.1 Å². The molecular formula is C29H37N3O3. The Bertz CT molecular complexity index is 1150. The predicted molar refractivity (Wildman–Crippen MR) is 142 cm³/mol. The molecule has 35 heavy (non-hydrogen) atoms. The highest BCUT2D eigenvalue weighted by Gasteiger charge is 2.24. The summed E-state index contributed by atoms with van der Waals surface area (Å²) < 4.78 is 11.2. The van der Waals surface area contributed by atoms with E-state index in [9.17, 15) is 4.79 Å². The van der Waals surface area contributed by atoms with E-state index in [0.717, 1.165) is 58.0 Å². The van der Waals surface area contributed by atoms with Crippen LogP contribution in [0.1, 0.15) is 45.7 Å². The molecule has 0 bridgehead atoms. The molecule has 1 N–H and O–H groups in total. The number of pyridine rings is 1. The van der Waals surface area contributed by atoms with Crippen LogP contribution in [0.3, 0.4) is 0 Å². The predicted octanol–water partition coefficient (Wildman–Crippen LogP) is 3.34. The molecule has 0 unspecified atom stereocenters. The van der Waals surface area contributed by atoms with Crippen molar-refractivity contribution in [1.29, 1.82) is 0 Å². The third kappa shape index (κ3) is 7.65. The molecule has 1 aromatic heterocycles. The highest BCUT2D eigenvalue weighted by Crippen LogP contribution is 2.26. The van der Waals surface area contributed by atoms with Gasteiger partial charge in [-0.3, -0.25) is 4.79 Å². The highest BCUT2D eigenvalue weighted by molar-refractivity contribution is 5.94. The van der Waals surface area contributed by atoms with E-state index in [1.807, 2.05) is 37.0 Å². The van der Waals surface area contributed by atoms with E-state index in [2.05, 4.69) is 30.9 Å². The van der Waals surface area contributed by atoms with Crippen LogP contribution >= 0.6 is 0 Å². The van der Waals surface area contributed by atoms with Gasteiger partial charge in [-0.05, 0) is 55.5 Å². The molecule has 1 aliphatic rings. The molecule has 0 atom stereocenters. The highest BCUT2D eigenvalue weighted by atomic mass is 16.5. The second-order valence-corrected chi connectivity index (χ2v) is 8.09. The number of nitrogens with one attached hydrogen (secondary N) is 1. The number of methoxy groups -OCH3 is 1. The maximum absolute atomic E-state index is 13.4. The van der Waals surface area contributed by atoms with Gasteiger partial charge in [0, 0.05) is 37.3 Å². The molecule has 2 rings (SSSR count). The van der Waals surface area contributed by atoms with Crippen LogP contribution in [0.2, 0.25) is 0 Å². The number of nitrogens with zero attached hydrogens (tertiary/aromatic N) is 2. The van der Waals surface area contributed by atoms with Crippen molar-refractivity contribution in [2.75, 3.05) is 26.8 Å². The summed E-state index contributed by atoms with van der Waals surface area (Å²) in [7, 11) is 1.66. The summed E-state index contributed by atoms with van der Waals surface area (Å²) in [6.45, 7) is 11.4. The SMILES string of the molecule is C#CN/C=C\OC/C(=C/C=C)C1=C(C)C(=O)N(CCc2nc(=C/CC)/c(=C\C)cc2OC)CCC1. The Morgan fingerprint density at radius 2 is 2.23 bits per heavy atom. The van der Waals surface area contributed by atoms with Gasteiger partial charge in [0.1, 0.15) is 18.6 Å². The number of carbonyl (C=O) groups excluding carboxylic acids is 1. The smallest absolute Gasteiger partial charge is 0.249 e. The third-order valence-electron chi connectivity index (χ3n) is 5.86. The first-order valence-corrected chi connectivity index (χ1v) is 12.0. The Kier molecular flexibility index (Phi) is 11.4. The molecule has 1 aliphatic heterocycles. The van der Waals surface area contributed by atoms with Crippen LogP contribution in [0.5, 0.6) is 5.75 Å². The standard InChI is InChI=1S/C29H37N3O3/c1-7-12-24(21-35-19-16-30-10-4)25-14-11-17-32(29(33)22(25)5)18-15-27-28(34-6)20-23(9-3)26(31-27)13-8-2/h4,7,9,12-13,16,19-20,30H,1,8,11,14-15,17-18,21H2,2-3,5-6H3/b19-16-,23-9-,24-12-,26-13+. The summed E-state index contributed by atoms with van der Waals surface area (Å²) >= 11 is 0. The van der Waals surface area contributed by atoms with Gasteiger partial charge in [-0.1, -0.05) is 44.2 Å². The molecule has 0 spiro atoms. The number of amides is 1. The Morgan fingerprint density at radius 3 is 2.89 bits per heavy atom. The molecule has 6 nitrogen and oxygen atoms in total.